The SMILES string of the molecule is CCCCCCC[Si](CCCCCCC)(CCCCCCC)N[Si](CCCCCCC)(CCCCCCC)CCCCCCC. The minimum absolute atomic E-state index is 1.37. The van der Waals surface area contributed by atoms with Crippen molar-refractivity contribution in [2.45, 2.75) is 270 Å². The molecule has 0 unspecified atom stereocenters. The van der Waals surface area contributed by atoms with Gasteiger partial charge in [0.25, 0.3) is 0 Å². The zero-order chi connectivity index (χ0) is 33.2. The first kappa shape index (κ1) is 45.4. The minimum atomic E-state index is -1.53. The average molecular weight is 666 g/mol. The second kappa shape index (κ2) is 34.3. The standard InChI is InChI=1S/C42H91NSi2/c1-7-13-19-25-31-37-44(38-32-26-20-14-8-2,39-33-27-21-15-9-3)43-45(40-34-28-22-16-10-4,41-35-29-23-17-11-5)42-36-30-24-18-12-6/h43H,7-42H2,1-6H3. The normalized spacial score (nSPS) is 12.4. The number of hydrogen-bond donors (Lipinski definition) is 1. The molecular formula is C42H91NSi2. The van der Waals surface area contributed by atoms with Crippen molar-refractivity contribution in [3.8, 4) is 0 Å². The van der Waals surface area contributed by atoms with Gasteiger partial charge in [0.1, 0.15) is 16.5 Å². The van der Waals surface area contributed by atoms with Gasteiger partial charge in [-0.1, -0.05) is 234 Å². The molecule has 0 spiro atoms. The van der Waals surface area contributed by atoms with E-state index in [1.165, 1.54) is 193 Å². The Balaban J connectivity index is 6.24. The van der Waals surface area contributed by atoms with Gasteiger partial charge >= 0.3 is 0 Å². The summed E-state index contributed by atoms with van der Waals surface area (Å²) >= 11 is 0. The number of nitrogens with one attached hydrogen (secondary N) is 1. The largest absolute Gasteiger partial charge is 0.359 e. The summed E-state index contributed by atoms with van der Waals surface area (Å²) in [7, 11) is -3.05. The Hall–Kier alpha value is 0.394. The molecule has 1 N–H and O–H groups in total. The Labute approximate surface area is 290 Å². The third kappa shape index (κ3) is 27.0. The molecule has 45 heavy (non-hydrogen) atoms. The molecule has 1 nitrogen and oxygen atoms in total. The fraction of sp³-hybridized carbons (Fsp3) is 1.00. The Morgan fingerprint density at radius 1 is 0.222 bits per heavy atom. The van der Waals surface area contributed by atoms with Crippen molar-refractivity contribution in [2.75, 3.05) is 0 Å². The molecule has 0 radical (unpaired) electrons. The quantitative estimate of drug-likeness (QED) is 0.0511. The van der Waals surface area contributed by atoms with Crippen LogP contribution in [-0.4, -0.2) is 16.5 Å². The molecule has 0 rings (SSSR count). The van der Waals surface area contributed by atoms with E-state index >= 15 is 0 Å². The van der Waals surface area contributed by atoms with E-state index < -0.39 is 16.5 Å². The van der Waals surface area contributed by atoms with Crippen LogP contribution >= 0.6 is 0 Å². The number of unbranched alkanes of at least 4 members (excludes halogenated alkanes) is 24. The molecule has 0 aromatic heterocycles. The first-order valence-electron chi connectivity index (χ1n) is 21.9. The summed E-state index contributed by atoms with van der Waals surface area (Å²) in [6.45, 7) is 14.3. The lowest BCUT2D eigenvalue weighted by Crippen LogP contribution is -2.64. The Bertz CT molecular complexity index is 445. The molecule has 0 aliphatic carbocycles. The van der Waals surface area contributed by atoms with Crippen LogP contribution in [0.15, 0.2) is 0 Å². The monoisotopic (exact) mass is 666 g/mol. The maximum absolute atomic E-state index is 5.10. The second-order valence-corrected chi connectivity index (χ2v) is 24.8. The third-order valence-corrected chi connectivity index (χ3v) is 23.2. The highest BCUT2D eigenvalue weighted by Gasteiger charge is 2.41. The lowest BCUT2D eigenvalue weighted by Gasteiger charge is -2.45. The maximum Gasteiger partial charge on any atom is 0.119 e. The van der Waals surface area contributed by atoms with Crippen LogP contribution in [-0.2, 0) is 0 Å². The number of hydrogen-bond acceptors (Lipinski definition) is 1. The van der Waals surface area contributed by atoms with Gasteiger partial charge in [-0.15, -0.1) is 0 Å². The summed E-state index contributed by atoms with van der Waals surface area (Å²) in [4.78, 5) is 0. The fourth-order valence-electron chi connectivity index (χ4n) is 8.09. The van der Waals surface area contributed by atoms with Gasteiger partial charge < -0.3 is 4.65 Å². The van der Waals surface area contributed by atoms with E-state index in [1.54, 1.807) is 36.3 Å². The Kier molecular flexibility index (Phi) is 34.6. The van der Waals surface area contributed by atoms with Crippen LogP contribution < -0.4 is 4.65 Å². The van der Waals surface area contributed by atoms with Crippen molar-refractivity contribution < 1.29 is 0 Å². The van der Waals surface area contributed by atoms with E-state index in [0.29, 0.717) is 0 Å². The molecule has 0 aliphatic heterocycles. The van der Waals surface area contributed by atoms with Crippen molar-refractivity contribution in [3.63, 3.8) is 0 Å². The zero-order valence-electron chi connectivity index (χ0n) is 33.0. The topological polar surface area (TPSA) is 12.0 Å². The summed E-state index contributed by atoms with van der Waals surface area (Å²) in [5, 5.41) is 0. The van der Waals surface area contributed by atoms with Gasteiger partial charge in [-0.25, -0.2) is 0 Å². The highest BCUT2D eigenvalue weighted by atomic mass is 28.4. The van der Waals surface area contributed by atoms with Gasteiger partial charge in [-0.05, 0) is 36.3 Å². The molecule has 0 bridgehead atoms. The van der Waals surface area contributed by atoms with Crippen LogP contribution in [0.4, 0.5) is 0 Å². The average Bonchev–Trinajstić information content (AvgIpc) is 3.04. The Morgan fingerprint density at radius 2 is 0.378 bits per heavy atom. The van der Waals surface area contributed by atoms with Crippen LogP contribution in [0.25, 0.3) is 0 Å². The summed E-state index contributed by atoms with van der Waals surface area (Å²) < 4.78 is 5.10. The van der Waals surface area contributed by atoms with E-state index in [0.717, 1.165) is 0 Å². The van der Waals surface area contributed by atoms with E-state index in [2.05, 4.69) is 41.5 Å². The second-order valence-electron chi connectivity index (χ2n) is 15.7. The lowest BCUT2D eigenvalue weighted by atomic mass is 10.2. The first-order valence-corrected chi connectivity index (χ1v) is 27.1. The smallest absolute Gasteiger partial charge is 0.119 e. The molecule has 0 heterocycles. The van der Waals surface area contributed by atoms with Crippen molar-refractivity contribution in [2.24, 2.45) is 0 Å². The van der Waals surface area contributed by atoms with E-state index in [9.17, 15) is 0 Å². The van der Waals surface area contributed by atoms with Crippen molar-refractivity contribution >= 4 is 16.5 Å². The molecule has 0 amide bonds. The summed E-state index contributed by atoms with van der Waals surface area (Å²) in [6.07, 6.45) is 43.9. The summed E-state index contributed by atoms with van der Waals surface area (Å²) in [5.41, 5.74) is 0. The van der Waals surface area contributed by atoms with Gasteiger partial charge in [-0.3, -0.25) is 0 Å². The van der Waals surface area contributed by atoms with Gasteiger partial charge in [-0.2, -0.15) is 0 Å². The van der Waals surface area contributed by atoms with Gasteiger partial charge in [0.15, 0.2) is 0 Å². The molecule has 0 aromatic carbocycles. The van der Waals surface area contributed by atoms with Crippen LogP contribution in [0, 0.1) is 0 Å². The molecule has 0 saturated heterocycles. The summed E-state index contributed by atoms with van der Waals surface area (Å²) in [6, 6.07) is 9.63. The molecule has 0 atom stereocenters. The van der Waals surface area contributed by atoms with Crippen LogP contribution in [0.3, 0.4) is 0 Å². The first-order chi connectivity index (χ1) is 22.1. The lowest BCUT2D eigenvalue weighted by molar-refractivity contribution is 0.619. The van der Waals surface area contributed by atoms with E-state index in [-0.39, 0.29) is 0 Å². The van der Waals surface area contributed by atoms with Gasteiger partial charge in [0, 0.05) is 0 Å². The molecule has 0 fully saturated rings. The zero-order valence-corrected chi connectivity index (χ0v) is 35.0. The predicted molar refractivity (Wildman–Crippen MR) is 216 cm³/mol. The fourth-order valence-corrected chi connectivity index (χ4v) is 22.6. The minimum Gasteiger partial charge on any atom is -0.359 e. The predicted octanol–water partition coefficient (Wildman–Crippen LogP) is 16.3. The maximum atomic E-state index is 5.10. The molecule has 0 aliphatic rings. The van der Waals surface area contributed by atoms with Crippen LogP contribution in [0.1, 0.15) is 234 Å². The molecule has 0 aromatic rings. The molecule has 0 saturated carbocycles. The van der Waals surface area contributed by atoms with E-state index in [4.69, 9.17) is 4.65 Å². The number of rotatable bonds is 38. The van der Waals surface area contributed by atoms with Crippen LogP contribution in [0.5, 0.6) is 0 Å². The van der Waals surface area contributed by atoms with E-state index in [1.807, 2.05) is 0 Å². The van der Waals surface area contributed by atoms with Gasteiger partial charge in [0.05, 0.1) is 0 Å². The molecule has 3 heteroatoms. The van der Waals surface area contributed by atoms with Gasteiger partial charge in [0.2, 0.25) is 0 Å². The third-order valence-electron chi connectivity index (χ3n) is 11.1. The molecule has 272 valence electrons. The highest BCUT2D eigenvalue weighted by molar-refractivity contribution is 6.93. The summed E-state index contributed by atoms with van der Waals surface area (Å²) in [5.74, 6) is 0. The van der Waals surface area contributed by atoms with Crippen molar-refractivity contribution in [1.82, 2.24) is 4.65 Å². The molecular weight excluding hydrogens is 575 g/mol. The van der Waals surface area contributed by atoms with Crippen LogP contribution in [0.2, 0.25) is 36.3 Å². The Morgan fingerprint density at radius 3 is 0.533 bits per heavy atom. The highest BCUT2D eigenvalue weighted by Crippen LogP contribution is 2.35. The van der Waals surface area contributed by atoms with Crippen molar-refractivity contribution in [3.05, 3.63) is 0 Å². The van der Waals surface area contributed by atoms with Crippen molar-refractivity contribution in [1.29, 1.82) is 0 Å².